The van der Waals surface area contributed by atoms with E-state index in [-0.39, 0.29) is 15.2 Å². The molecule has 1 N–H and O–H groups in total. The molecule has 2 rings (SSSR count). The highest BCUT2D eigenvalue weighted by Crippen LogP contribution is 2.33. The maximum Gasteiger partial charge on any atom is 0.345 e. The van der Waals surface area contributed by atoms with E-state index in [1.807, 2.05) is 13.8 Å². The van der Waals surface area contributed by atoms with Crippen molar-refractivity contribution in [3.63, 3.8) is 0 Å². The van der Waals surface area contributed by atoms with Crippen molar-refractivity contribution in [1.82, 2.24) is 4.31 Å². The predicted molar refractivity (Wildman–Crippen MR) is 68.4 cm³/mol. The lowest BCUT2D eigenvalue weighted by Crippen LogP contribution is -2.30. The Morgan fingerprint density at radius 1 is 1.50 bits per heavy atom. The minimum Gasteiger partial charge on any atom is -0.477 e. The van der Waals surface area contributed by atoms with Gasteiger partial charge in [-0.2, -0.15) is 4.31 Å². The highest BCUT2D eigenvalue weighted by atomic mass is 32.2. The Bertz CT molecular complexity index is 574. The van der Waals surface area contributed by atoms with Crippen molar-refractivity contribution < 1.29 is 18.3 Å². The summed E-state index contributed by atoms with van der Waals surface area (Å²) in [6, 6.07) is 1.23. The van der Waals surface area contributed by atoms with Gasteiger partial charge in [0.05, 0.1) is 4.90 Å². The van der Waals surface area contributed by atoms with Gasteiger partial charge in [0.15, 0.2) is 0 Å². The first kappa shape index (κ1) is 13.5. The smallest absolute Gasteiger partial charge is 0.345 e. The Balaban J connectivity index is 2.28. The maximum absolute atomic E-state index is 12.3. The van der Waals surface area contributed by atoms with Crippen LogP contribution in [0.3, 0.4) is 0 Å². The maximum atomic E-state index is 12.3. The number of sulfonamides is 1. The van der Waals surface area contributed by atoms with Crippen LogP contribution in [0, 0.1) is 5.41 Å². The molecule has 0 spiro atoms. The zero-order valence-electron chi connectivity index (χ0n) is 10.2. The summed E-state index contributed by atoms with van der Waals surface area (Å²) in [5.74, 6) is -1.09. The quantitative estimate of drug-likeness (QED) is 0.921. The summed E-state index contributed by atoms with van der Waals surface area (Å²) in [5.41, 5.74) is -0.0152. The molecule has 5 nitrogen and oxygen atoms in total. The highest BCUT2D eigenvalue weighted by Gasteiger charge is 2.37. The highest BCUT2D eigenvalue weighted by molar-refractivity contribution is 7.89. The third-order valence-corrected chi connectivity index (χ3v) is 5.96. The summed E-state index contributed by atoms with van der Waals surface area (Å²) in [7, 11) is -3.54. The van der Waals surface area contributed by atoms with E-state index >= 15 is 0 Å². The van der Waals surface area contributed by atoms with E-state index in [9.17, 15) is 13.2 Å². The van der Waals surface area contributed by atoms with Crippen LogP contribution >= 0.6 is 11.3 Å². The van der Waals surface area contributed by atoms with Crippen molar-refractivity contribution in [1.29, 1.82) is 0 Å². The topological polar surface area (TPSA) is 74.7 Å². The van der Waals surface area contributed by atoms with Gasteiger partial charge < -0.3 is 5.11 Å². The molecule has 2 heterocycles. The Labute approximate surface area is 110 Å². The van der Waals surface area contributed by atoms with Crippen LogP contribution < -0.4 is 0 Å². The minimum atomic E-state index is -3.54. The number of thiophene rings is 1. The molecule has 1 fully saturated rings. The molecular weight excluding hydrogens is 274 g/mol. The van der Waals surface area contributed by atoms with E-state index in [4.69, 9.17) is 5.11 Å². The van der Waals surface area contributed by atoms with Crippen LogP contribution in [0.2, 0.25) is 0 Å². The fourth-order valence-corrected chi connectivity index (χ4v) is 4.71. The zero-order valence-corrected chi connectivity index (χ0v) is 11.8. The van der Waals surface area contributed by atoms with E-state index in [0.717, 1.165) is 17.8 Å². The average Bonchev–Trinajstić information content (AvgIpc) is 2.84. The molecule has 0 amide bonds. The normalized spacial score (nSPS) is 20.1. The number of rotatable bonds is 3. The van der Waals surface area contributed by atoms with Crippen LogP contribution in [0.15, 0.2) is 16.3 Å². The summed E-state index contributed by atoms with van der Waals surface area (Å²) in [6.45, 7) is 5.03. The number of hydrogen-bond donors (Lipinski definition) is 1. The molecule has 1 aromatic rings. The molecule has 1 saturated heterocycles. The monoisotopic (exact) mass is 289 g/mol. The van der Waals surface area contributed by atoms with Crippen LogP contribution in [-0.2, 0) is 10.0 Å². The van der Waals surface area contributed by atoms with Gasteiger partial charge >= 0.3 is 5.97 Å². The van der Waals surface area contributed by atoms with Gasteiger partial charge in [-0.05, 0) is 17.9 Å². The van der Waals surface area contributed by atoms with E-state index < -0.39 is 16.0 Å². The number of carboxylic acids is 1. The van der Waals surface area contributed by atoms with Crippen molar-refractivity contribution in [2.24, 2.45) is 5.41 Å². The number of nitrogens with zero attached hydrogens (tertiary/aromatic N) is 1. The fourth-order valence-electron chi connectivity index (χ4n) is 1.98. The number of aromatic carboxylic acids is 1. The Morgan fingerprint density at radius 2 is 2.17 bits per heavy atom. The summed E-state index contributed by atoms with van der Waals surface area (Å²) < 4.78 is 26.0. The molecule has 0 atom stereocenters. The number of carboxylic acid groups (broad SMARTS) is 1. The first-order valence-corrected chi connectivity index (χ1v) is 7.86. The second-order valence-electron chi connectivity index (χ2n) is 5.20. The van der Waals surface area contributed by atoms with E-state index in [1.165, 1.54) is 15.8 Å². The molecule has 100 valence electrons. The van der Waals surface area contributed by atoms with Gasteiger partial charge in [0, 0.05) is 18.5 Å². The second kappa shape index (κ2) is 4.32. The summed E-state index contributed by atoms with van der Waals surface area (Å²) in [5, 5.41) is 10.2. The van der Waals surface area contributed by atoms with Gasteiger partial charge in [-0.1, -0.05) is 13.8 Å². The van der Waals surface area contributed by atoms with Gasteiger partial charge in [0.1, 0.15) is 4.88 Å². The van der Waals surface area contributed by atoms with Crippen molar-refractivity contribution in [2.75, 3.05) is 13.1 Å². The van der Waals surface area contributed by atoms with Crippen LogP contribution in [0.5, 0.6) is 0 Å². The van der Waals surface area contributed by atoms with Gasteiger partial charge in [-0.3, -0.25) is 0 Å². The standard InChI is InChI=1S/C11H15NO4S2/c1-11(2)3-4-12(7-11)18(15,16)8-5-9(10(13)14)17-6-8/h5-6H,3-4,7H2,1-2H3,(H,13,14). The molecule has 0 aromatic carbocycles. The summed E-state index contributed by atoms with van der Waals surface area (Å²) in [6.07, 6.45) is 0.822. The molecule has 0 aliphatic carbocycles. The van der Waals surface area contributed by atoms with Crippen LogP contribution in [0.1, 0.15) is 29.9 Å². The third kappa shape index (κ3) is 2.43. The van der Waals surface area contributed by atoms with Gasteiger partial charge in [0.25, 0.3) is 0 Å². The average molecular weight is 289 g/mol. The predicted octanol–water partition coefficient (Wildman–Crippen LogP) is 1.87. The second-order valence-corrected chi connectivity index (χ2v) is 8.05. The first-order valence-electron chi connectivity index (χ1n) is 5.54. The number of carbonyl (C=O) groups is 1. The molecule has 1 aliphatic rings. The molecule has 7 heteroatoms. The lowest BCUT2D eigenvalue weighted by atomic mass is 9.93. The lowest BCUT2D eigenvalue weighted by Gasteiger charge is -2.19. The van der Waals surface area contributed by atoms with Gasteiger partial charge in [-0.15, -0.1) is 11.3 Å². The van der Waals surface area contributed by atoms with Crippen molar-refractivity contribution >= 4 is 27.3 Å². The molecule has 0 radical (unpaired) electrons. The van der Waals surface area contributed by atoms with Crippen LogP contribution in [-0.4, -0.2) is 36.9 Å². The Morgan fingerprint density at radius 3 is 2.61 bits per heavy atom. The molecule has 1 aliphatic heterocycles. The van der Waals surface area contributed by atoms with Crippen molar-refractivity contribution in [3.05, 3.63) is 16.3 Å². The molecule has 1 aromatic heterocycles. The lowest BCUT2D eigenvalue weighted by molar-refractivity contribution is 0.0702. The van der Waals surface area contributed by atoms with E-state index in [0.29, 0.717) is 13.1 Å². The zero-order chi connectivity index (χ0) is 13.6. The van der Waals surface area contributed by atoms with Crippen molar-refractivity contribution in [3.8, 4) is 0 Å². The molecule has 18 heavy (non-hydrogen) atoms. The van der Waals surface area contributed by atoms with Crippen LogP contribution in [0.4, 0.5) is 0 Å². The van der Waals surface area contributed by atoms with Crippen molar-refractivity contribution in [2.45, 2.75) is 25.2 Å². The van der Waals surface area contributed by atoms with Gasteiger partial charge in [-0.25, -0.2) is 13.2 Å². The van der Waals surface area contributed by atoms with E-state index in [2.05, 4.69) is 0 Å². The number of hydrogen-bond acceptors (Lipinski definition) is 4. The van der Waals surface area contributed by atoms with E-state index in [1.54, 1.807) is 0 Å². The Kier molecular flexibility index (Phi) is 3.25. The van der Waals surface area contributed by atoms with Gasteiger partial charge in [0.2, 0.25) is 10.0 Å². The SMILES string of the molecule is CC1(C)CCN(S(=O)(=O)c2csc(C(=O)O)c2)C1. The Hall–Kier alpha value is -0.920. The summed E-state index contributed by atoms with van der Waals surface area (Å²) in [4.78, 5) is 10.9. The largest absolute Gasteiger partial charge is 0.477 e. The minimum absolute atomic E-state index is 0.0152. The molecular formula is C11H15NO4S2. The third-order valence-electron chi connectivity index (χ3n) is 3.07. The molecule has 0 unspecified atom stereocenters. The summed E-state index contributed by atoms with van der Waals surface area (Å²) >= 11 is 0.938. The molecule has 0 bridgehead atoms. The van der Waals surface area contributed by atoms with Crippen LogP contribution in [0.25, 0.3) is 0 Å². The molecule has 0 saturated carbocycles. The first-order chi connectivity index (χ1) is 8.22. The fraction of sp³-hybridized carbons (Fsp3) is 0.545.